The van der Waals surface area contributed by atoms with Crippen molar-refractivity contribution in [2.24, 2.45) is 0 Å². The summed E-state index contributed by atoms with van der Waals surface area (Å²) < 4.78 is 12.7. The van der Waals surface area contributed by atoms with Crippen molar-refractivity contribution >= 4 is 56.5 Å². The predicted octanol–water partition coefficient (Wildman–Crippen LogP) is 7.06. The molecule has 0 atom stereocenters. The van der Waals surface area contributed by atoms with Crippen LogP contribution >= 0.6 is 27.7 Å². The molecule has 1 aliphatic rings. The number of aryl methyl sites for hydroxylation is 1. The van der Waals surface area contributed by atoms with E-state index < -0.39 is 17.1 Å². The van der Waals surface area contributed by atoms with Gasteiger partial charge in [0.15, 0.2) is 11.5 Å². The van der Waals surface area contributed by atoms with Crippen LogP contribution < -0.4 is 14.8 Å². The number of ether oxygens (including phenoxy) is 2. The number of carbonyl (C=O) groups excluding carboxylic acids is 3. The highest BCUT2D eigenvalue weighted by Gasteiger charge is 2.36. The SMILES string of the molecule is C=CCc1cc(/C=C2\SC(=O)N(CC(=O)Nc3cccc(C)c3C)C2=O)cc(OC)c1OCc1ccc(Br)cc1. The van der Waals surface area contributed by atoms with E-state index in [4.69, 9.17) is 9.47 Å². The largest absolute Gasteiger partial charge is 0.493 e. The molecule has 0 aromatic heterocycles. The summed E-state index contributed by atoms with van der Waals surface area (Å²) in [7, 11) is 1.55. The fraction of sp³-hybridized carbons (Fsp3) is 0.194. The van der Waals surface area contributed by atoms with Crippen molar-refractivity contribution in [3.8, 4) is 11.5 Å². The number of allylic oxidation sites excluding steroid dienone is 1. The van der Waals surface area contributed by atoms with Crippen LogP contribution in [0.4, 0.5) is 10.5 Å². The summed E-state index contributed by atoms with van der Waals surface area (Å²) in [5.41, 5.74) is 5.09. The average Bonchev–Trinajstić information content (AvgIpc) is 3.18. The smallest absolute Gasteiger partial charge is 0.294 e. The summed E-state index contributed by atoms with van der Waals surface area (Å²) in [5.74, 6) is 0.110. The van der Waals surface area contributed by atoms with Crippen molar-refractivity contribution in [1.29, 1.82) is 0 Å². The van der Waals surface area contributed by atoms with Crippen LogP contribution in [0.2, 0.25) is 0 Å². The molecule has 1 saturated heterocycles. The summed E-state index contributed by atoms with van der Waals surface area (Å²) in [6.45, 7) is 7.67. The highest BCUT2D eigenvalue weighted by molar-refractivity contribution is 9.10. The number of carbonyl (C=O) groups is 3. The molecule has 1 fully saturated rings. The lowest BCUT2D eigenvalue weighted by Gasteiger charge is -2.16. The fourth-order valence-electron chi connectivity index (χ4n) is 4.13. The molecule has 1 aliphatic heterocycles. The minimum atomic E-state index is -0.522. The Morgan fingerprint density at radius 2 is 1.88 bits per heavy atom. The molecule has 0 bridgehead atoms. The van der Waals surface area contributed by atoms with Gasteiger partial charge in [-0.05, 0) is 90.7 Å². The van der Waals surface area contributed by atoms with Crippen LogP contribution in [-0.2, 0) is 22.6 Å². The minimum absolute atomic E-state index is 0.222. The van der Waals surface area contributed by atoms with Crippen molar-refractivity contribution in [3.63, 3.8) is 0 Å². The van der Waals surface area contributed by atoms with Crippen LogP contribution in [0, 0.1) is 13.8 Å². The van der Waals surface area contributed by atoms with E-state index >= 15 is 0 Å². The summed E-state index contributed by atoms with van der Waals surface area (Å²) in [6, 6.07) is 17.0. The molecule has 0 saturated carbocycles. The van der Waals surface area contributed by atoms with Gasteiger partial charge in [-0.2, -0.15) is 0 Å². The molecule has 1 N–H and O–H groups in total. The van der Waals surface area contributed by atoms with E-state index in [1.165, 1.54) is 0 Å². The van der Waals surface area contributed by atoms with Crippen molar-refractivity contribution in [2.75, 3.05) is 19.0 Å². The quantitative estimate of drug-likeness (QED) is 0.193. The van der Waals surface area contributed by atoms with E-state index in [2.05, 4.69) is 27.8 Å². The third-order valence-electron chi connectivity index (χ3n) is 6.39. The van der Waals surface area contributed by atoms with E-state index in [9.17, 15) is 14.4 Å². The number of nitrogens with one attached hydrogen (secondary N) is 1. The number of nitrogens with zero attached hydrogens (tertiary/aromatic N) is 1. The zero-order valence-electron chi connectivity index (χ0n) is 22.5. The molecular weight excluding hydrogens is 592 g/mol. The normalized spacial score (nSPS) is 14.0. The third-order valence-corrected chi connectivity index (χ3v) is 7.82. The second-order valence-corrected chi connectivity index (χ2v) is 11.1. The maximum absolute atomic E-state index is 13.1. The summed E-state index contributed by atoms with van der Waals surface area (Å²) >= 11 is 4.23. The molecule has 3 amide bonds. The molecule has 1 heterocycles. The molecule has 40 heavy (non-hydrogen) atoms. The van der Waals surface area contributed by atoms with E-state index in [1.54, 1.807) is 31.4 Å². The highest BCUT2D eigenvalue weighted by Crippen LogP contribution is 2.37. The Morgan fingerprint density at radius 1 is 1.12 bits per heavy atom. The van der Waals surface area contributed by atoms with E-state index in [0.717, 1.165) is 43.4 Å². The molecular formula is C31H29BrN2O5S. The number of halogens is 1. The monoisotopic (exact) mass is 620 g/mol. The summed E-state index contributed by atoms with van der Waals surface area (Å²) in [6.07, 6.45) is 3.89. The van der Waals surface area contributed by atoms with Gasteiger partial charge in [0.25, 0.3) is 11.1 Å². The zero-order chi connectivity index (χ0) is 28.8. The Kier molecular flexibility index (Phi) is 9.50. The Morgan fingerprint density at radius 3 is 2.58 bits per heavy atom. The number of benzene rings is 3. The second-order valence-electron chi connectivity index (χ2n) is 9.18. The molecule has 206 valence electrons. The van der Waals surface area contributed by atoms with Crippen molar-refractivity contribution in [1.82, 2.24) is 4.90 Å². The van der Waals surface area contributed by atoms with Gasteiger partial charge < -0.3 is 14.8 Å². The van der Waals surface area contributed by atoms with Gasteiger partial charge >= 0.3 is 0 Å². The fourth-order valence-corrected chi connectivity index (χ4v) is 5.24. The number of hydrogen-bond acceptors (Lipinski definition) is 6. The Labute approximate surface area is 246 Å². The number of thioether (sulfide) groups is 1. The molecule has 0 unspecified atom stereocenters. The van der Waals surface area contributed by atoms with Crippen molar-refractivity contribution in [2.45, 2.75) is 26.9 Å². The number of hydrogen-bond donors (Lipinski definition) is 1. The number of amides is 3. The summed E-state index contributed by atoms with van der Waals surface area (Å²) in [5, 5.41) is 2.30. The third kappa shape index (κ3) is 6.84. The van der Waals surface area contributed by atoms with Gasteiger partial charge in [-0.25, -0.2) is 0 Å². The second kappa shape index (κ2) is 13.0. The lowest BCUT2D eigenvalue weighted by atomic mass is 10.0. The topological polar surface area (TPSA) is 84.9 Å². The molecule has 9 heteroatoms. The lowest BCUT2D eigenvalue weighted by Crippen LogP contribution is -2.36. The maximum Gasteiger partial charge on any atom is 0.294 e. The molecule has 4 rings (SSSR count). The van der Waals surface area contributed by atoms with E-state index in [-0.39, 0.29) is 11.4 Å². The maximum atomic E-state index is 13.1. The lowest BCUT2D eigenvalue weighted by molar-refractivity contribution is -0.127. The van der Waals surface area contributed by atoms with Gasteiger partial charge in [0.1, 0.15) is 13.2 Å². The number of methoxy groups -OCH3 is 1. The molecule has 3 aromatic rings. The molecule has 7 nitrogen and oxygen atoms in total. The Balaban J connectivity index is 1.52. The Bertz CT molecular complexity index is 1500. The first kappa shape index (κ1) is 29.2. The van der Waals surface area contributed by atoms with Gasteiger partial charge in [-0.3, -0.25) is 19.3 Å². The van der Waals surface area contributed by atoms with E-state index in [0.29, 0.717) is 35.8 Å². The van der Waals surface area contributed by atoms with E-state index in [1.807, 2.05) is 56.3 Å². The molecule has 0 spiro atoms. The summed E-state index contributed by atoms with van der Waals surface area (Å²) in [4.78, 5) is 39.6. The highest BCUT2D eigenvalue weighted by atomic mass is 79.9. The molecule has 0 radical (unpaired) electrons. The van der Waals surface area contributed by atoms with Gasteiger partial charge in [0.2, 0.25) is 5.91 Å². The Hall–Kier alpha value is -3.82. The van der Waals surface area contributed by atoms with Crippen LogP contribution in [0.25, 0.3) is 6.08 Å². The van der Waals surface area contributed by atoms with Crippen LogP contribution in [-0.4, -0.2) is 35.6 Å². The predicted molar refractivity (Wildman–Crippen MR) is 163 cm³/mol. The number of rotatable bonds is 10. The number of imide groups is 1. The van der Waals surface area contributed by atoms with Gasteiger partial charge in [-0.15, -0.1) is 6.58 Å². The first-order valence-electron chi connectivity index (χ1n) is 12.5. The number of anilines is 1. The van der Waals surface area contributed by atoms with Crippen LogP contribution in [0.15, 0.2) is 76.6 Å². The average molecular weight is 622 g/mol. The van der Waals surface area contributed by atoms with Crippen LogP contribution in [0.5, 0.6) is 11.5 Å². The van der Waals surface area contributed by atoms with Gasteiger partial charge in [0.05, 0.1) is 12.0 Å². The molecule has 3 aromatic carbocycles. The van der Waals surface area contributed by atoms with Gasteiger partial charge in [0, 0.05) is 15.7 Å². The first-order chi connectivity index (χ1) is 19.2. The zero-order valence-corrected chi connectivity index (χ0v) is 24.9. The van der Waals surface area contributed by atoms with Crippen LogP contribution in [0.1, 0.15) is 27.8 Å². The van der Waals surface area contributed by atoms with Crippen molar-refractivity contribution in [3.05, 3.63) is 104 Å². The minimum Gasteiger partial charge on any atom is -0.493 e. The van der Waals surface area contributed by atoms with Crippen molar-refractivity contribution < 1.29 is 23.9 Å². The van der Waals surface area contributed by atoms with Crippen LogP contribution in [0.3, 0.4) is 0 Å². The standard InChI is InChI=1S/C31H29BrN2O5S/c1-5-7-23-14-22(15-26(38-4)29(23)39-18-21-10-12-24(32)13-11-21)16-27-30(36)34(31(37)40-27)17-28(35)33-25-9-6-8-19(2)20(25)3/h5-6,8-16H,1,7,17-18H2,2-4H3,(H,33,35)/b27-16-. The first-order valence-corrected chi connectivity index (χ1v) is 14.1. The van der Waals surface area contributed by atoms with Gasteiger partial charge in [-0.1, -0.05) is 46.3 Å². The molecule has 0 aliphatic carbocycles.